The lowest BCUT2D eigenvalue weighted by molar-refractivity contribution is 0.139. The van der Waals surface area contributed by atoms with Crippen molar-refractivity contribution < 1.29 is 23.8 Å². The molecule has 124 valence electrons. The van der Waals surface area contributed by atoms with Crippen molar-refractivity contribution in [3.63, 3.8) is 0 Å². The van der Waals surface area contributed by atoms with Crippen molar-refractivity contribution in [1.29, 1.82) is 0 Å². The van der Waals surface area contributed by atoms with Crippen molar-refractivity contribution in [3.05, 3.63) is 47.4 Å². The summed E-state index contributed by atoms with van der Waals surface area (Å²) in [6.45, 7) is 2.43. The molecule has 2 rings (SSSR count). The molecule has 23 heavy (non-hydrogen) atoms. The van der Waals surface area contributed by atoms with E-state index in [9.17, 15) is 9.90 Å². The van der Waals surface area contributed by atoms with E-state index in [1.54, 1.807) is 20.3 Å². The lowest BCUT2D eigenvalue weighted by Crippen LogP contribution is -2.30. The quantitative estimate of drug-likeness (QED) is 0.847. The van der Waals surface area contributed by atoms with E-state index in [0.717, 1.165) is 11.3 Å². The topological polar surface area (TPSA) is 72.1 Å². The van der Waals surface area contributed by atoms with Crippen molar-refractivity contribution in [2.75, 3.05) is 20.8 Å². The fraction of sp³-hybridized carbons (Fsp3) is 0.353. The van der Waals surface area contributed by atoms with Crippen molar-refractivity contribution >= 4 is 6.09 Å². The molecule has 0 aliphatic rings. The van der Waals surface area contributed by atoms with Gasteiger partial charge in [0.15, 0.2) is 11.5 Å². The van der Waals surface area contributed by atoms with E-state index in [-0.39, 0.29) is 6.54 Å². The van der Waals surface area contributed by atoms with Gasteiger partial charge in [0, 0.05) is 6.54 Å². The van der Waals surface area contributed by atoms with Crippen LogP contribution >= 0.6 is 0 Å². The van der Waals surface area contributed by atoms with Crippen LogP contribution in [0.3, 0.4) is 0 Å². The van der Waals surface area contributed by atoms with Crippen LogP contribution in [-0.4, -0.2) is 36.9 Å². The van der Waals surface area contributed by atoms with Gasteiger partial charge in [-0.2, -0.15) is 0 Å². The number of aryl methyl sites for hydroxylation is 1. The average Bonchev–Trinajstić information content (AvgIpc) is 2.95. The third kappa shape index (κ3) is 4.42. The second kappa shape index (κ2) is 7.58. The smallest absolute Gasteiger partial charge is 0.407 e. The van der Waals surface area contributed by atoms with Crippen molar-refractivity contribution in [2.24, 2.45) is 0 Å². The zero-order chi connectivity index (χ0) is 16.8. The minimum atomic E-state index is -0.973. The van der Waals surface area contributed by atoms with Gasteiger partial charge in [0.05, 0.1) is 20.8 Å². The maximum Gasteiger partial charge on any atom is 0.407 e. The summed E-state index contributed by atoms with van der Waals surface area (Å²) in [6.07, 6.45) is -0.397. The number of nitrogens with zero attached hydrogens (tertiary/aromatic N) is 1. The molecule has 0 aliphatic carbocycles. The first kappa shape index (κ1) is 16.7. The summed E-state index contributed by atoms with van der Waals surface area (Å²) in [5.74, 6) is 2.69. The van der Waals surface area contributed by atoms with Crippen LogP contribution in [0.4, 0.5) is 4.79 Å². The fourth-order valence-electron chi connectivity index (χ4n) is 2.30. The minimum Gasteiger partial charge on any atom is -0.493 e. The Labute approximate surface area is 135 Å². The van der Waals surface area contributed by atoms with E-state index in [0.29, 0.717) is 30.2 Å². The first-order valence-corrected chi connectivity index (χ1v) is 7.27. The van der Waals surface area contributed by atoms with E-state index in [4.69, 9.17) is 13.9 Å². The summed E-state index contributed by atoms with van der Waals surface area (Å²) in [5, 5.41) is 9.34. The number of hydrogen-bond acceptors (Lipinski definition) is 4. The molecule has 0 spiro atoms. The van der Waals surface area contributed by atoms with Crippen molar-refractivity contribution in [3.8, 4) is 11.5 Å². The number of hydrogen-bond donors (Lipinski definition) is 1. The molecule has 0 bridgehead atoms. The molecule has 0 aliphatic heterocycles. The van der Waals surface area contributed by atoms with Gasteiger partial charge >= 0.3 is 6.09 Å². The molecule has 6 heteroatoms. The molecule has 0 saturated carbocycles. The fourth-order valence-corrected chi connectivity index (χ4v) is 2.30. The minimum absolute atomic E-state index is 0.233. The van der Waals surface area contributed by atoms with Crippen LogP contribution in [0.1, 0.15) is 17.1 Å². The van der Waals surface area contributed by atoms with Crippen LogP contribution in [0.25, 0.3) is 0 Å². The summed E-state index contributed by atoms with van der Waals surface area (Å²) in [5.41, 5.74) is 0.976. The zero-order valence-corrected chi connectivity index (χ0v) is 13.5. The maximum absolute atomic E-state index is 11.4. The highest BCUT2D eigenvalue weighted by molar-refractivity contribution is 5.64. The van der Waals surface area contributed by atoms with Gasteiger partial charge in [-0.3, -0.25) is 0 Å². The van der Waals surface area contributed by atoms with Gasteiger partial charge in [0.25, 0.3) is 0 Å². The SMILES string of the molecule is COc1ccc(CCN(Cc2ccc(C)o2)C(=O)O)cc1OC. The maximum atomic E-state index is 11.4. The standard InChI is InChI=1S/C17H21NO5/c1-12-4-6-14(23-12)11-18(17(19)20)9-8-13-5-7-15(21-2)16(10-13)22-3/h4-7,10H,8-9,11H2,1-3H3,(H,19,20). The molecule has 6 nitrogen and oxygen atoms in total. The van der Waals surface area contributed by atoms with Gasteiger partial charge < -0.3 is 23.9 Å². The van der Waals surface area contributed by atoms with Crippen molar-refractivity contribution in [2.45, 2.75) is 19.9 Å². The van der Waals surface area contributed by atoms with Crippen molar-refractivity contribution in [1.82, 2.24) is 4.90 Å². The van der Waals surface area contributed by atoms with Crippen LogP contribution in [0.2, 0.25) is 0 Å². The zero-order valence-electron chi connectivity index (χ0n) is 13.5. The number of furan rings is 1. The first-order valence-electron chi connectivity index (χ1n) is 7.27. The molecule has 0 fully saturated rings. The van der Waals surface area contributed by atoms with E-state index < -0.39 is 6.09 Å². The Balaban J connectivity index is 2.02. The third-order valence-electron chi connectivity index (χ3n) is 3.53. The van der Waals surface area contributed by atoms with Gasteiger partial charge in [0.1, 0.15) is 11.5 Å². The summed E-state index contributed by atoms with van der Waals surface area (Å²) >= 11 is 0. The highest BCUT2D eigenvalue weighted by Crippen LogP contribution is 2.27. The Bertz CT molecular complexity index is 665. The Morgan fingerprint density at radius 3 is 2.48 bits per heavy atom. The molecule has 0 saturated heterocycles. The molecule has 0 unspecified atom stereocenters. The van der Waals surface area contributed by atoms with E-state index in [1.165, 1.54) is 4.90 Å². The Morgan fingerprint density at radius 1 is 1.17 bits per heavy atom. The van der Waals surface area contributed by atoms with E-state index in [2.05, 4.69) is 0 Å². The van der Waals surface area contributed by atoms with Crippen LogP contribution in [0.15, 0.2) is 34.7 Å². The Hall–Kier alpha value is -2.63. The Morgan fingerprint density at radius 2 is 1.91 bits per heavy atom. The number of carboxylic acid groups (broad SMARTS) is 1. The van der Waals surface area contributed by atoms with E-state index >= 15 is 0 Å². The molecule has 1 N–H and O–H groups in total. The monoisotopic (exact) mass is 319 g/mol. The average molecular weight is 319 g/mol. The molecule has 2 aromatic rings. The second-order valence-corrected chi connectivity index (χ2v) is 5.16. The van der Waals surface area contributed by atoms with Crippen LogP contribution in [-0.2, 0) is 13.0 Å². The number of rotatable bonds is 7. The van der Waals surface area contributed by atoms with Crippen LogP contribution in [0, 0.1) is 6.92 Å². The second-order valence-electron chi connectivity index (χ2n) is 5.16. The number of methoxy groups -OCH3 is 2. The van der Waals surface area contributed by atoms with Gasteiger partial charge in [-0.15, -0.1) is 0 Å². The van der Waals surface area contributed by atoms with Gasteiger partial charge in [-0.25, -0.2) is 4.79 Å². The molecular weight excluding hydrogens is 298 g/mol. The molecule has 1 aromatic carbocycles. The predicted molar refractivity (Wildman–Crippen MR) is 85.1 cm³/mol. The highest BCUT2D eigenvalue weighted by atomic mass is 16.5. The normalized spacial score (nSPS) is 10.4. The lowest BCUT2D eigenvalue weighted by atomic mass is 10.1. The largest absolute Gasteiger partial charge is 0.493 e. The highest BCUT2D eigenvalue weighted by Gasteiger charge is 2.15. The summed E-state index contributed by atoms with van der Waals surface area (Å²) < 4.78 is 15.9. The summed E-state index contributed by atoms with van der Waals surface area (Å²) in [6, 6.07) is 9.19. The lowest BCUT2D eigenvalue weighted by Gasteiger charge is -2.18. The van der Waals surface area contributed by atoms with Gasteiger partial charge in [0.2, 0.25) is 0 Å². The Kier molecular flexibility index (Phi) is 5.51. The van der Waals surface area contributed by atoms with Crippen LogP contribution in [0.5, 0.6) is 11.5 Å². The number of amides is 1. The number of benzene rings is 1. The van der Waals surface area contributed by atoms with Gasteiger partial charge in [-0.05, 0) is 43.2 Å². The summed E-state index contributed by atoms with van der Waals surface area (Å²) in [7, 11) is 3.15. The molecular formula is C17H21NO5. The molecule has 1 heterocycles. The summed E-state index contributed by atoms with van der Waals surface area (Å²) in [4.78, 5) is 12.7. The molecule has 1 amide bonds. The first-order chi connectivity index (χ1) is 11.0. The van der Waals surface area contributed by atoms with Crippen LogP contribution < -0.4 is 9.47 Å². The third-order valence-corrected chi connectivity index (χ3v) is 3.53. The number of carbonyl (C=O) groups is 1. The molecule has 0 radical (unpaired) electrons. The molecule has 1 aromatic heterocycles. The van der Waals surface area contributed by atoms with Gasteiger partial charge in [-0.1, -0.05) is 6.07 Å². The number of ether oxygens (including phenoxy) is 2. The van der Waals surface area contributed by atoms with E-state index in [1.807, 2.05) is 31.2 Å². The predicted octanol–water partition coefficient (Wildman–Crippen LogP) is 3.33. The molecule has 0 atom stereocenters.